The molecule has 0 aromatic heterocycles. The number of carboxylic acid groups (broad SMARTS) is 1. The molecule has 16 heavy (non-hydrogen) atoms. The minimum absolute atomic E-state index is 0.0520. The molecule has 0 fully saturated rings. The molecule has 0 bridgehead atoms. The van der Waals surface area contributed by atoms with Gasteiger partial charge in [0, 0.05) is 5.56 Å². The molecule has 4 heteroatoms. The molecule has 1 aromatic carbocycles. The summed E-state index contributed by atoms with van der Waals surface area (Å²) in [6.07, 6.45) is 0. The predicted octanol–water partition coefficient (Wildman–Crippen LogP) is 2.53. The maximum atomic E-state index is 11.1. The molecule has 1 aromatic rings. The quantitative estimate of drug-likeness (QED) is 0.853. The highest BCUT2D eigenvalue weighted by Gasteiger charge is 2.21. The van der Waals surface area contributed by atoms with Gasteiger partial charge in [0.15, 0.2) is 11.5 Å². The van der Waals surface area contributed by atoms with Crippen LogP contribution in [0.5, 0.6) is 11.5 Å². The van der Waals surface area contributed by atoms with Crippen LogP contribution in [0.4, 0.5) is 0 Å². The Kier molecular flexibility index (Phi) is 3.77. The predicted molar refractivity (Wildman–Crippen MR) is 60.6 cm³/mol. The van der Waals surface area contributed by atoms with Gasteiger partial charge < -0.3 is 14.6 Å². The highest BCUT2D eigenvalue weighted by atomic mass is 16.5. The van der Waals surface area contributed by atoms with Crippen LogP contribution in [-0.4, -0.2) is 25.3 Å². The number of carboxylic acids is 1. The lowest BCUT2D eigenvalue weighted by Gasteiger charge is -2.17. The first-order valence-electron chi connectivity index (χ1n) is 5.01. The Labute approximate surface area is 94.8 Å². The van der Waals surface area contributed by atoms with Crippen molar-refractivity contribution < 1.29 is 19.4 Å². The molecule has 0 aliphatic rings. The van der Waals surface area contributed by atoms with Crippen molar-refractivity contribution in [2.45, 2.75) is 19.8 Å². The molecular formula is C12H16O4. The topological polar surface area (TPSA) is 55.8 Å². The Hall–Kier alpha value is -1.71. The number of aromatic carboxylic acids is 1. The molecule has 0 radical (unpaired) electrons. The number of ether oxygens (including phenoxy) is 2. The fourth-order valence-corrected chi connectivity index (χ4v) is 1.71. The average Bonchev–Trinajstić information content (AvgIpc) is 2.26. The lowest BCUT2D eigenvalue weighted by Crippen LogP contribution is -2.07. The van der Waals surface area contributed by atoms with E-state index in [0.29, 0.717) is 17.1 Å². The molecule has 0 amide bonds. The number of hydrogen-bond acceptors (Lipinski definition) is 3. The van der Waals surface area contributed by atoms with Crippen molar-refractivity contribution in [2.24, 2.45) is 0 Å². The molecular weight excluding hydrogens is 208 g/mol. The summed E-state index contributed by atoms with van der Waals surface area (Å²) in [5.74, 6) is 0.148. The van der Waals surface area contributed by atoms with Crippen LogP contribution >= 0.6 is 0 Å². The number of hydrogen-bond donors (Lipinski definition) is 1. The molecule has 0 saturated heterocycles. The first-order valence-corrected chi connectivity index (χ1v) is 5.01. The lowest BCUT2D eigenvalue weighted by atomic mass is 9.95. The molecule has 0 unspecified atom stereocenters. The van der Waals surface area contributed by atoms with Gasteiger partial charge in [-0.2, -0.15) is 0 Å². The van der Waals surface area contributed by atoms with E-state index in [9.17, 15) is 4.79 Å². The van der Waals surface area contributed by atoms with E-state index in [2.05, 4.69) is 0 Å². The molecule has 0 heterocycles. The summed E-state index contributed by atoms with van der Waals surface area (Å²) in [4.78, 5) is 11.1. The van der Waals surface area contributed by atoms with Crippen LogP contribution < -0.4 is 9.47 Å². The van der Waals surface area contributed by atoms with E-state index in [0.717, 1.165) is 0 Å². The molecule has 0 atom stereocenters. The van der Waals surface area contributed by atoms with Crippen molar-refractivity contribution in [3.63, 3.8) is 0 Å². The molecule has 0 aliphatic heterocycles. The zero-order valence-electron chi connectivity index (χ0n) is 9.90. The zero-order valence-corrected chi connectivity index (χ0v) is 9.90. The maximum absolute atomic E-state index is 11.1. The minimum atomic E-state index is -0.954. The first-order chi connectivity index (χ1) is 7.52. The van der Waals surface area contributed by atoms with Crippen LogP contribution in [0.15, 0.2) is 12.1 Å². The maximum Gasteiger partial charge on any atom is 0.336 e. The van der Waals surface area contributed by atoms with Crippen molar-refractivity contribution in [3.05, 3.63) is 23.3 Å². The Morgan fingerprint density at radius 2 is 1.88 bits per heavy atom. The molecule has 88 valence electrons. The SMILES string of the molecule is COc1ccc(C(=O)O)c(C(C)C)c1OC. The fraction of sp³-hybridized carbons (Fsp3) is 0.417. The van der Waals surface area contributed by atoms with Gasteiger partial charge in [-0.1, -0.05) is 13.8 Å². The molecule has 4 nitrogen and oxygen atoms in total. The van der Waals surface area contributed by atoms with Crippen molar-refractivity contribution in [2.75, 3.05) is 14.2 Å². The second-order valence-electron chi connectivity index (χ2n) is 3.72. The van der Waals surface area contributed by atoms with Crippen LogP contribution in [0.2, 0.25) is 0 Å². The van der Waals surface area contributed by atoms with Gasteiger partial charge in [-0.3, -0.25) is 0 Å². The van der Waals surface area contributed by atoms with E-state index in [1.54, 1.807) is 12.1 Å². The standard InChI is InChI=1S/C12H16O4/c1-7(2)10-8(12(13)14)5-6-9(15-3)11(10)16-4/h5-7H,1-4H3,(H,13,14). The zero-order chi connectivity index (χ0) is 12.3. The smallest absolute Gasteiger partial charge is 0.336 e. The minimum Gasteiger partial charge on any atom is -0.493 e. The van der Waals surface area contributed by atoms with Crippen molar-refractivity contribution in [1.29, 1.82) is 0 Å². The molecule has 0 spiro atoms. The van der Waals surface area contributed by atoms with Crippen LogP contribution in [-0.2, 0) is 0 Å². The molecule has 0 saturated carbocycles. The molecule has 0 aliphatic carbocycles. The van der Waals surface area contributed by atoms with Gasteiger partial charge in [-0.25, -0.2) is 4.79 Å². The average molecular weight is 224 g/mol. The van der Waals surface area contributed by atoms with Crippen molar-refractivity contribution in [1.82, 2.24) is 0 Å². The van der Waals surface area contributed by atoms with Gasteiger partial charge in [0.25, 0.3) is 0 Å². The third kappa shape index (κ3) is 2.10. The van der Waals surface area contributed by atoms with E-state index < -0.39 is 5.97 Å². The van der Waals surface area contributed by atoms with Crippen LogP contribution in [0.1, 0.15) is 35.7 Å². The number of methoxy groups -OCH3 is 2. The second kappa shape index (κ2) is 4.88. The summed E-state index contributed by atoms with van der Waals surface area (Å²) in [5, 5.41) is 9.10. The summed E-state index contributed by atoms with van der Waals surface area (Å²) in [7, 11) is 3.04. The van der Waals surface area contributed by atoms with Crippen LogP contribution in [0, 0.1) is 0 Å². The van der Waals surface area contributed by atoms with Crippen molar-refractivity contribution in [3.8, 4) is 11.5 Å². The van der Waals surface area contributed by atoms with Crippen molar-refractivity contribution >= 4 is 5.97 Å². The van der Waals surface area contributed by atoms with E-state index in [4.69, 9.17) is 14.6 Å². The highest BCUT2D eigenvalue weighted by Crippen LogP contribution is 2.37. The third-order valence-corrected chi connectivity index (χ3v) is 2.39. The fourth-order valence-electron chi connectivity index (χ4n) is 1.71. The van der Waals surface area contributed by atoms with E-state index in [1.807, 2.05) is 13.8 Å². The largest absolute Gasteiger partial charge is 0.493 e. The van der Waals surface area contributed by atoms with Crippen LogP contribution in [0.25, 0.3) is 0 Å². The number of benzene rings is 1. The van der Waals surface area contributed by atoms with E-state index in [-0.39, 0.29) is 11.5 Å². The number of carbonyl (C=O) groups is 1. The molecule has 1 N–H and O–H groups in total. The summed E-state index contributed by atoms with van der Waals surface area (Å²) in [5.41, 5.74) is 0.919. The summed E-state index contributed by atoms with van der Waals surface area (Å²) >= 11 is 0. The van der Waals surface area contributed by atoms with Gasteiger partial charge >= 0.3 is 5.97 Å². The van der Waals surface area contributed by atoms with Crippen LogP contribution in [0.3, 0.4) is 0 Å². The highest BCUT2D eigenvalue weighted by molar-refractivity contribution is 5.91. The van der Waals surface area contributed by atoms with E-state index in [1.165, 1.54) is 14.2 Å². The Morgan fingerprint density at radius 3 is 2.25 bits per heavy atom. The monoisotopic (exact) mass is 224 g/mol. The summed E-state index contributed by atoms with van der Waals surface area (Å²) < 4.78 is 10.4. The lowest BCUT2D eigenvalue weighted by molar-refractivity contribution is 0.0694. The molecule has 1 rings (SSSR count). The summed E-state index contributed by atoms with van der Waals surface area (Å²) in [6.45, 7) is 3.84. The Morgan fingerprint density at radius 1 is 1.25 bits per heavy atom. The Balaban J connectivity index is 3.50. The first kappa shape index (κ1) is 12.4. The second-order valence-corrected chi connectivity index (χ2v) is 3.72. The van der Waals surface area contributed by atoms with Gasteiger partial charge in [-0.15, -0.1) is 0 Å². The van der Waals surface area contributed by atoms with E-state index >= 15 is 0 Å². The normalized spacial score (nSPS) is 10.3. The van der Waals surface area contributed by atoms with Gasteiger partial charge in [0.1, 0.15) is 0 Å². The van der Waals surface area contributed by atoms with Gasteiger partial charge in [-0.05, 0) is 18.1 Å². The van der Waals surface area contributed by atoms with Gasteiger partial charge in [0.05, 0.1) is 19.8 Å². The Bertz CT molecular complexity index is 396. The van der Waals surface area contributed by atoms with Gasteiger partial charge in [0.2, 0.25) is 0 Å². The number of rotatable bonds is 4. The summed E-state index contributed by atoms with van der Waals surface area (Å²) in [6, 6.07) is 3.15. The third-order valence-electron chi connectivity index (χ3n) is 2.39.